The third-order valence-electron chi connectivity index (χ3n) is 4.73. The fraction of sp³-hybridized carbons (Fsp3) is 0.733. The van der Waals surface area contributed by atoms with Gasteiger partial charge in [-0.05, 0) is 59.9 Å². The van der Waals surface area contributed by atoms with E-state index < -0.39 is 0 Å². The van der Waals surface area contributed by atoms with Gasteiger partial charge in [0, 0.05) is 13.1 Å². The second-order valence-corrected chi connectivity index (χ2v) is 7.22. The number of aliphatic hydroxyl groups is 1. The monoisotopic (exact) mass is 355 g/mol. The first-order chi connectivity index (χ1) is 10.1. The van der Waals surface area contributed by atoms with Gasteiger partial charge in [0.15, 0.2) is 0 Å². The van der Waals surface area contributed by atoms with E-state index in [4.69, 9.17) is 0 Å². The molecular formula is C15H22BrN3O2. The number of halogens is 1. The minimum atomic E-state index is -0.173. The van der Waals surface area contributed by atoms with Crippen LogP contribution in [0, 0.1) is 11.8 Å². The molecule has 0 aromatic carbocycles. The van der Waals surface area contributed by atoms with Gasteiger partial charge in [-0.2, -0.15) is 5.10 Å². The molecule has 2 aliphatic carbocycles. The van der Waals surface area contributed by atoms with Crippen molar-refractivity contribution in [3.63, 3.8) is 0 Å². The van der Waals surface area contributed by atoms with E-state index in [2.05, 4.69) is 26.3 Å². The predicted octanol–water partition coefficient (Wildman–Crippen LogP) is 2.38. The van der Waals surface area contributed by atoms with Gasteiger partial charge < -0.3 is 10.4 Å². The molecule has 2 aliphatic rings. The zero-order valence-electron chi connectivity index (χ0n) is 12.1. The lowest BCUT2D eigenvalue weighted by Gasteiger charge is -2.25. The molecular weight excluding hydrogens is 334 g/mol. The van der Waals surface area contributed by atoms with Gasteiger partial charge in [0.05, 0.1) is 16.8 Å². The molecule has 6 heteroatoms. The summed E-state index contributed by atoms with van der Waals surface area (Å²) in [6, 6.07) is 0. The maximum atomic E-state index is 12.5. The molecule has 5 nitrogen and oxygen atoms in total. The summed E-state index contributed by atoms with van der Waals surface area (Å²) in [4.78, 5) is 12.5. The highest BCUT2D eigenvalue weighted by atomic mass is 79.9. The van der Waals surface area contributed by atoms with E-state index in [9.17, 15) is 9.90 Å². The Kier molecular flexibility index (Phi) is 4.64. The van der Waals surface area contributed by atoms with Gasteiger partial charge in [-0.1, -0.05) is 6.42 Å². The van der Waals surface area contributed by atoms with Crippen molar-refractivity contribution < 1.29 is 5.11 Å². The van der Waals surface area contributed by atoms with Gasteiger partial charge in [-0.25, -0.2) is 4.68 Å². The largest absolute Gasteiger partial charge is 0.393 e. The minimum Gasteiger partial charge on any atom is -0.393 e. The van der Waals surface area contributed by atoms with Crippen LogP contribution in [-0.4, -0.2) is 27.5 Å². The molecule has 2 N–H and O–H groups in total. The van der Waals surface area contributed by atoms with E-state index >= 15 is 0 Å². The molecule has 116 valence electrons. The number of hydrogen-bond donors (Lipinski definition) is 2. The van der Waals surface area contributed by atoms with Crippen LogP contribution in [0.5, 0.6) is 0 Å². The number of anilines is 1. The smallest absolute Gasteiger partial charge is 0.291 e. The van der Waals surface area contributed by atoms with Crippen LogP contribution in [0.2, 0.25) is 0 Å². The normalized spacial score (nSPS) is 25.8. The number of nitrogens with zero attached hydrogens (tertiary/aromatic N) is 2. The second kappa shape index (κ2) is 6.48. The standard InChI is InChI=1S/C15H22BrN3O2/c16-13-8-18-19(9-10-2-1-3-10)15(21)14(13)17-7-11-4-5-12(20)6-11/h8,10-12,17,20H,1-7,9H2. The highest BCUT2D eigenvalue weighted by Crippen LogP contribution is 2.28. The van der Waals surface area contributed by atoms with Crippen molar-refractivity contribution in [2.24, 2.45) is 11.8 Å². The third kappa shape index (κ3) is 3.48. The SMILES string of the molecule is O=c1c(NCC2CCC(O)C2)c(Br)cnn1CC1CCC1. The number of hydrogen-bond acceptors (Lipinski definition) is 4. The Hall–Kier alpha value is -0.880. The summed E-state index contributed by atoms with van der Waals surface area (Å²) >= 11 is 3.41. The van der Waals surface area contributed by atoms with Crippen molar-refractivity contribution in [2.45, 2.75) is 51.2 Å². The van der Waals surface area contributed by atoms with Gasteiger partial charge in [0.25, 0.3) is 5.56 Å². The van der Waals surface area contributed by atoms with E-state index in [1.54, 1.807) is 10.9 Å². The summed E-state index contributed by atoms with van der Waals surface area (Å²) in [6.07, 6.45) is 7.92. The van der Waals surface area contributed by atoms with E-state index in [1.807, 2.05) is 0 Å². The van der Waals surface area contributed by atoms with E-state index in [0.29, 0.717) is 17.5 Å². The summed E-state index contributed by atoms with van der Waals surface area (Å²) in [7, 11) is 0. The fourth-order valence-electron chi connectivity index (χ4n) is 3.16. The van der Waals surface area contributed by atoms with Gasteiger partial charge in [0.1, 0.15) is 5.69 Å². The van der Waals surface area contributed by atoms with Crippen LogP contribution in [0.3, 0.4) is 0 Å². The summed E-state index contributed by atoms with van der Waals surface area (Å²) in [6.45, 7) is 1.46. The topological polar surface area (TPSA) is 67.2 Å². The van der Waals surface area contributed by atoms with E-state index in [0.717, 1.165) is 36.8 Å². The first-order valence-electron chi connectivity index (χ1n) is 7.81. The maximum absolute atomic E-state index is 12.5. The van der Waals surface area contributed by atoms with Crippen LogP contribution in [0.15, 0.2) is 15.5 Å². The molecule has 2 saturated carbocycles. The van der Waals surface area contributed by atoms with Crippen molar-refractivity contribution in [3.8, 4) is 0 Å². The highest BCUT2D eigenvalue weighted by molar-refractivity contribution is 9.10. The number of aromatic nitrogens is 2. The molecule has 0 bridgehead atoms. The molecule has 0 amide bonds. The Morgan fingerprint density at radius 1 is 1.33 bits per heavy atom. The molecule has 0 saturated heterocycles. The second-order valence-electron chi connectivity index (χ2n) is 6.37. The first kappa shape index (κ1) is 15.0. The minimum absolute atomic E-state index is 0.0465. The molecule has 0 spiro atoms. The predicted molar refractivity (Wildman–Crippen MR) is 85.4 cm³/mol. The quantitative estimate of drug-likeness (QED) is 0.850. The van der Waals surface area contributed by atoms with Crippen LogP contribution in [0.4, 0.5) is 5.69 Å². The molecule has 21 heavy (non-hydrogen) atoms. The van der Waals surface area contributed by atoms with Crippen molar-refractivity contribution in [3.05, 3.63) is 21.0 Å². The fourth-order valence-corrected chi connectivity index (χ4v) is 3.56. The summed E-state index contributed by atoms with van der Waals surface area (Å²) in [5, 5.41) is 17.1. The lowest BCUT2D eigenvalue weighted by atomic mass is 9.85. The molecule has 0 aliphatic heterocycles. The van der Waals surface area contributed by atoms with Crippen molar-refractivity contribution in [1.82, 2.24) is 9.78 Å². The Morgan fingerprint density at radius 2 is 2.14 bits per heavy atom. The van der Waals surface area contributed by atoms with E-state index in [-0.39, 0.29) is 11.7 Å². The van der Waals surface area contributed by atoms with Crippen LogP contribution < -0.4 is 10.9 Å². The molecule has 0 radical (unpaired) electrons. The lowest BCUT2D eigenvalue weighted by molar-refractivity contribution is 0.178. The molecule has 2 fully saturated rings. The summed E-state index contributed by atoms with van der Waals surface area (Å²) < 4.78 is 2.30. The Morgan fingerprint density at radius 3 is 2.76 bits per heavy atom. The summed E-state index contributed by atoms with van der Waals surface area (Å²) in [5.74, 6) is 1.05. The van der Waals surface area contributed by atoms with Gasteiger partial charge in [-0.15, -0.1) is 0 Å². The highest BCUT2D eigenvalue weighted by Gasteiger charge is 2.24. The van der Waals surface area contributed by atoms with Crippen LogP contribution in [0.25, 0.3) is 0 Å². The van der Waals surface area contributed by atoms with Gasteiger partial charge >= 0.3 is 0 Å². The molecule has 1 aromatic heterocycles. The van der Waals surface area contributed by atoms with Crippen molar-refractivity contribution >= 4 is 21.6 Å². The number of rotatable bonds is 5. The zero-order valence-corrected chi connectivity index (χ0v) is 13.7. The number of nitrogens with one attached hydrogen (secondary N) is 1. The third-order valence-corrected chi connectivity index (χ3v) is 5.34. The molecule has 3 rings (SSSR count). The average Bonchev–Trinajstić information content (AvgIpc) is 2.81. The van der Waals surface area contributed by atoms with Gasteiger partial charge in [0.2, 0.25) is 0 Å². The van der Waals surface area contributed by atoms with Crippen LogP contribution in [0.1, 0.15) is 38.5 Å². The Balaban J connectivity index is 1.68. The zero-order chi connectivity index (χ0) is 14.8. The molecule has 1 aromatic rings. The summed E-state index contributed by atoms with van der Waals surface area (Å²) in [5.41, 5.74) is 0.556. The number of aliphatic hydroxyl groups excluding tert-OH is 1. The average molecular weight is 356 g/mol. The molecule has 2 unspecified atom stereocenters. The van der Waals surface area contributed by atoms with Crippen LogP contribution in [-0.2, 0) is 6.54 Å². The Labute approximate surface area is 132 Å². The molecule has 2 atom stereocenters. The molecule has 1 heterocycles. The first-order valence-corrected chi connectivity index (χ1v) is 8.60. The maximum Gasteiger partial charge on any atom is 0.291 e. The van der Waals surface area contributed by atoms with Crippen LogP contribution >= 0.6 is 15.9 Å². The lowest BCUT2D eigenvalue weighted by Crippen LogP contribution is -2.31. The van der Waals surface area contributed by atoms with Crippen molar-refractivity contribution in [1.29, 1.82) is 0 Å². The van der Waals surface area contributed by atoms with Gasteiger partial charge in [-0.3, -0.25) is 4.79 Å². The van der Waals surface area contributed by atoms with Crippen molar-refractivity contribution in [2.75, 3.05) is 11.9 Å². The Bertz CT molecular complexity index is 556. The van der Waals surface area contributed by atoms with E-state index in [1.165, 1.54) is 19.3 Å².